The molecule has 1 fully saturated rings. The summed E-state index contributed by atoms with van der Waals surface area (Å²) < 4.78 is 0. The van der Waals surface area contributed by atoms with Crippen LogP contribution in [0.25, 0.3) is 11.5 Å². The summed E-state index contributed by atoms with van der Waals surface area (Å²) in [5, 5.41) is 9.12. The van der Waals surface area contributed by atoms with Crippen LogP contribution in [0, 0.1) is 0 Å². The van der Waals surface area contributed by atoms with Gasteiger partial charge in [-0.2, -0.15) is 4.98 Å². The maximum Gasteiger partial charge on any atom is 0.245 e. The SMILES string of the molecule is NC1CCN(c2n[nH]c(-c3cscn3)n2)CC1. The van der Waals surface area contributed by atoms with E-state index in [0.29, 0.717) is 6.04 Å². The molecule has 1 aliphatic heterocycles. The van der Waals surface area contributed by atoms with Crippen molar-refractivity contribution in [3.05, 3.63) is 10.9 Å². The number of hydrogen-bond donors (Lipinski definition) is 2. The molecule has 3 heterocycles. The largest absolute Gasteiger partial charge is 0.339 e. The Labute approximate surface area is 103 Å². The number of piperidine rings is 1. The molecule has 0 unspecified atom stereocenters. The van der Waals surface area contributed by atoms with Crippen LogP contribution in [0.5, 0.6) is 0 Å². The van der Waals surface area contributed by atoms with Gasteiger partial charge in [-0.1, -0.05) is 0 Å². The lowest BCUT2D eigenvalue weighted by Gasteiger charge is -2.28. The Morgan fingerprint density at radius 2 is 2.24 bits per heavy atom. The predicted molar refractivity (Wildman–Crippen MR) is 66.9 cm³/mol. The minimum Gasteiger partial charge on any atom is -0.339 e. The normalized spacial score (nSPS) is 17.6. The Morgan fingerprint density at radius 3 is 2.94 bits per heavy atom. The first-order chi connectivity index (χ1) is 8.33. The summed E-state index contributed by atoms with van der Waals surface area (Å²) in [6.07, 6.45) is 2.00. The van der Waals surface area contributed by atoms with Crippen molar-refractivity contribution in [3.8, 4) is 11.5 Å². The van der Waals surface area contributed by atoms with Crippen molar-refractivity contribution in [1.29, 1.82) is 0 Å². The van der Waals surface area contributed by atoms with Crippen LogP contribution < -0.4 is 10.6 Å². The van der Waals surface area contributed by atoms with Gasteiger partial charge in [0.25, 0.3) is 0 Å². The Bertz CT molecular complexity index is 471. The van der Waals surface area contributed by atoms with Crippen LogP contribution in [0.15, 0.2) is 10.9 Å². The number of H-pyrrole nitrogens is 1. The zero-order valence-corrected chi connectivity index (χ0v) is 10.2. The summed E-state index contributed by atoms with van der Waals surface area (Å²) >= 11 is 1.55. The number of aromatic amines is 1. The lowest BCUT2D eigenvalue weighted by molar-refractivity contribution is 0.496. The molecule has 0 spiro atoms. The smallest absolute Gasteiger partial charge is 0.245 e. The first kappa shape index (κ1) is 10.7. The van der Waals surface area contributed by atoms with Crippen molar-refractivity contribution >= 4 is 17.3 Å². The van der Waals surface area contributed by atoms with Crippen LogP contribution >= 0.6 is 11.3 Å². The van der Waals surface area contributed by atoms with Crippen LogP contribution in [-0.4, -0.2) is 39.3 Å². The number of rotatable bonds is 2. The molecule has 2 aromatic heterocycles. The van der Waals surface area contributed by atoms with E-state index in [1.807, 2.05) is 5.38 Å². The summed E-state index contributed by atoms with van der Waals surface area (Å²) in [4.78, 5) is 10.8. The minimum absolute atomic E-state index is 0.322. The topological polar surface area (TPSA) is 83.7 Å². The average molecular weight is 250 g/mol. The van der Waals surface area contributed by atoms with E-state index in [1.54, 1.807) is 16.8 Å². The van der Waals surface area contributed by atoms with E-state index in [4.69, 9.17) is 5.73 Å². The molecule has 0 saturated carbocycles. The van der Waals surface area contributed by atoms with Crippen LogP contribution in [0.1, 0.15) is 12.8 Å². The van der Waals surface area contributed by atoms with E-state index < -0.39 is 0 Å². The average Bonchev–Trinajstić information content (AvgIpc) is 3.00. The fraction of sp³-hybridized carbons (Fsp3) is 0.500. The van der Waals surface area contributed by atoms with Gasteiger partial charge in [-0.25, -0.2) is 4.98 Å². The molecule has 0 atom stereocenters. The first-order valence-electron chi connectivity index (χ1n) is 5.64. The molecular formula is C10H14N6S. The fourth-order valence-corrected chi connectivity index (χ4v) is 2.47. The van der Waals surface area contributed by atoms with Crippen molar-refractivity contribution in [2.75, 3.05) is 18.0 Å². The molecule has 1 aliphatic rings. The zero-order chi connectivity index (χ0) is 11.7. The predicted octanol–water partition coefficient (Wildman–Crippen LogP) is 0.856. The van der Waals surface area contributed by atoms with Crippen LogP contribution in [0.3, 0.4) is 0 Å². The number of hydrogen-bond acceptors (Lipinski definition) is 6. The van der Waals surface area contributed by atoms with Crippen LogP contribution in [0.4, 0.5) is 5.95 Å². The van der Waals surface area contributed by atoms with Gasteiger partial charge in [-0.15, -0.1) is 16.4 Å². The third-order valence-corrected chi connectivity index (χ3v) is 3.56. The van der Waals surface area contributed by atoms with Crippen molar-refractivity contribution in [3.63, 3.8) is 0 Å². The second kappa shape index (κ2) is 4.42. The lowest BCUT2D eigenvalue weighted by atomic mass is 10.1. The summed E-state index contributed by atoms with van der Waals surface area (Å²) in [5.74, 6) is 1.48. The van der Waals surface area contributed by atoms with Crippen LogP contribution in [0.2, 0.25) is 0 Å². The molecule has 6 nitrogen and oxygen atoms in total. The van der Waals surface area contributed by atoms with Gasteiger partial charge < -0.3 is 10.6 Å². The van der Waals surface area contributed by atoms with Gasteiger partial charge in [-0.05, 0) is 12.8 Å². The van der Waals surface area contributed by atoms with Gasteiger partial charge in [0.15, 0.2) is 5.82 Å². The summed E-state index contributed by atoms with van der Waals surface area (Å²) in [6.45, 7) is 1.85. The van der Waals surface area contributed by atoms with Gasteiger partial charge in [-0.3, -0.25) is 5.10 Å². The number of nitrogens with one attached hydrogen (secondary N) is 1. The molecule has 3 rings (SSSR count). The van der Waals surface area contributed by atoms with E-state index >= 15 is 0 Å². The molecule has 17 heavy (non-hydrogen) atoms. The fourth-order valence-electron chi connectivity index (χ4n) is 1.94. The molecule has 0 aromatic carbocycles. The number of nitrogens with zero attached hydrogens (tertiary/aromatic N) is 4. The standard InChI is InChI=1S/C10H14N6S/c11-7-1-3-16(4-2-7)10-13-9(14-15-10)8-5-17-6-12-8/h5-7H,1-4,11H2,(H,13,14,15). The molecule has 0 amide bonds. The molecule has 0 radical (unpaired) electrons. The Balaban J connectivity index is 1.76. The number of nitrogens with two attached hydrogens (primary N) is 1. The van der Waals surface area contributed by atoms with Crippen molar-refractivity contribution in [2.24, 2.45) is 5.73 Å². The van der Waals surface area contributed by atoms with E-state index in [2.05, 4.69) is 25.1 Å². The van der Waals surface area contributed by atoms with Gasteiger partial charge in [0.05, 0.1) is 5.51 Å². The summed E-state index contributed by atoms with van der Waals surface area (Å²) in [5.41, 5.74) is 8.51. The number of thiazole rings is 1. The molecule has 7 heteroatoms. The number of aromatic nitrogens is 4. The maximum absolute atomic E-state index is 5.87. The number of anilines is 1. The van der Waals surface area contributed by atoms with Crippen LogP contribution in [-0.2, 0) is 0 Å². The Hall–Kier alpha value is -1.47. The molecule has 3 N–H and O–H groups in total. The van der Waals surface area contributed by atoms with E-state index in [9.17, 15) is 0 Å². The highest BCUT2D eigenvalue weighted by Crippen LogP contribution is 2.19. The first-order valence-corrected chi connectivity index (χ1v) is 6.59. The molecule has 0 bridgehead atoms. The molecule has 90 valence electrons. The third-order valence-electron chi connectivity index (χ3n) is 2.97. The van der Waals surface area contributed by atoms with E-state index in [1.165, 1.54) is 0 Å². The highest BCUT2D eigenvalue weighted by molar-refractivity contribution is 7.07. The highest BCUT2D eigenvalue weighted by atomic mass is 32.1. The maximum atomic E-state index is 5.87. The van der Waals surface area contributed by atoms with Crippen molar-refractivity contribution in [2.45, 2.75) is 18.9 Å². The second-order valence-electron chi connectivity index (χ2n) is 4.18. The van der Waals surface area contributed by atoms with Gasteiger partial charge >= 0.3 is 0 Å². The molecule has 0 aliphatic carbocycles. The van der Waals surface area contributed by atoms with Gasteiger partial charge in [0, 0.05) is 24.5 Å². The quantitative estimate of drug-likeness (QED) is 0.825. The van der Waals surface area contributed by atoms with Crippen molar-refractivity contribution in [1.82, 2.24) is 20.2 Å². The van der Waals surface area contributed by atoms with E-state index in [0.717, 1.165) is 43.4 Å². The highest BCUT2D eigenvalue weighted by Gasteiger charge is 2.19. The van der Waals surface area contributed by atoms with Gasteiger partial charge in [0.1, 0.15) is 5.69 Å². The lowest BCUT2D eigenvalue weighted by Crippen LogP contribution is -2.40. The van der Waals surface area contributed by atoms with Crippen molar-refractivity contribution < 1.29 is 0 Å². The Morgan fingerprint density at radius 1 is 1.41 bits per heavy atom. The second-order valence-corrected chi connectivity index (χ2v) is 4.90. The third kappa shape index (κ3) is 2.16. The molecule has 1 saturated heterocycles. The monoisotopic (exact) mass is 250 g/mol. The van der Waals surface area contributed by atoms with E-state index in [-0.39, 0.29) is 0 Å². The zero-order valence-electron chi connectivity index (χ0n) is 9.33. The molecule has 2 aromatic rings. The summed E-state index contributed by atoms with van der Waals surface area (Å²) in [6, 6.07) is 0.322. The minimum atomic E-state index is 0.322. The van der Waals surface area contributed by atoms with Gasteiger partial charge in [0.2, 0.25) is 5.95 Å². The Kier molecular flexibility index (Phi) is 2.77. The summed E-state index contributed by atoms with van der Waals surface area (Å²) in [7, 11) is 0. The molecular weight excluding hydrogens is 236 g/mol.